The topological polar surface area (TPSA) is 65.9 Å². The molecular weight excluding hydrogens is 330 g/mol. The molecule has 0 aliphatic carbocycles. The molecule has 1 fully saturated rings. The number of hydrogen-bond donors (Lipinski definition) is 1. The molecule has 0 bridgehead atoms. The van der Waals surface area contributed by atoms with Crippen LogP contribution in [0.4, 0.5) is 5.69 Å². The summed E-state index contributed by atoms with van der Waals surface area (Å²) in [6.07, 6.45) is 4.73. The van der Waals surface area contributed by atoms with Crippen LogP contribution in [-0.2, 0) is 4.79 Å². The van der Waals surface area contributed by atoms with Crippen LogP contribution in [-0.4, -0.2) is 60.3 Å². The molecule has 6 nitrogen and oxygen atoms in total. The molecule has 1 aromatic heterocycles. The zero-order valence-corrected chi connectivity index (χ0v) is 15.5. The number of anilines is 1. The molecule has 0 unspecified atom stereocenters. The van der Waals surface area contributed by atoms with Crippen molar-refractivity contribution in [1.82, 2.24) is 9.88 Å². The lowest BCUT2D eigenvalue weighted by Crippen LogP contribution is -2.45. The maximum atomic E-state index is 10.9. The number of hydrogen-bond acceptors (Lipinski definition) is 5. The highest BCUT2D eigenvalue weighted by Gasteiger charge is 2.24. The second-order valence-electron chi connectivity index (χ2n) is 6.86. The third-order valence-electron chi connectivity index (χ3n) is 4.99. The number of pyridine rings is 1. The summed E-state index contributed by atoms with van der Waals surface area (Å²) in [5.41, 5.74) is 2.08. The zero-order valence-electron chi connectivity index (χ0n) is 15.5. The van der Waals surface area contributed by atoms with Gasteiger partial charge in [-0.1, -0.05) is 19.1 Å². The highest BCUT2D eigenvalue weighted by atomic mass is 16.5. The number of piperidine rings is 1. The maximum Gasteiger partial charge on any atom is 0.317 e. The first-order chi connectivity index (χ1) is 12.6. The standard InChI is InChI=1S/C20H27N3O3/c1-3-13-26-18-6-4-5-16-17(7-10-21-20(16)18)23-11-8-15(9-12-23)22(2)14-19(24)25/h4-7,10,15H,3,8-9,11-14H2,1-2H3,(H,24,25). The fraction of sp³-hybridized carbons (Fsp3) is 0.500. The molecule has 1 N–H and O–H groups in total. The van der Waals surface area contributed by atoms with E-state index < -0.39 is 5.97 Å². The first-order valence-electron chi connectivity index (χ1n) is 9.27. The van der Waals surface area contributed by atoms with Gasteiger partial charge in [-0.25, -0.2) is 0 Å². The fourth-order valence-electron chi connectivity index (χ4n) is 3.63. The van der Waals surface area contributed by atoms with Crippen LogP contribution in [0.15, 0.2) is 30.5 Å². The van der Waals surface area contributed by atoms with E-state index in [2.05, 4.69) is 28.9 Å². The average molecular weight is 357 g/mol. The molecule has 3 rings (SSSR count). The summed E-state index contributed by atoms with van der Waals surface area (Å²) in [4.78, 5) is 19.8. The molecule has 140 valence electrons. The van der Waals surface area contributed by atoms with Gasteiger partial charge in [0.1, 0.15) is 11.3 Å². The van der Waals surface area contributed by atoms with Gasteiger partial charge in [0, 0.05) is 36.4 Å². The molecule has 2 heterocycles. The van der Waals surface area contributed by atoms with Crippen LogP contribution < -0.4 is 9.64 Å². The number of carboxylic acids is 1. The lowest BCUT2D eigenvalue weighted by atomic mass is 10.0. The molecule has 1 aliphatic heterocycles. The second-order valence-corrected chi connectivity index (χ2v) is 6.86. The Balaban J connectivity index is 1.76. The Morgan fingerprint density at radius 2 is 2.12 bits per heavy atom. The number of nitrogens with zero attached hydrogens (tertiary/aromatic N) is 3. The minimum atomic E-state index is -0.769. The van der Waals surface area contributed by atoms with E-state index in [-0.39, 0.29) is 6.54 Å². The first kappa shape index (κ1) is 18.5. The smallest absolute Gasteiger partial charge is 0.317 e. The van der Waals surface area contributed by atoms with Crippen LogP contribution in [0.2, 0.25) is 0 Å². The molecule has 0 spiro atoms. The van der Waals surface area contributed by atoms with Gasteiger partial charge in [0.2, 0.25) is 0 Å². The number of rotatable bonds is 7. The number of fused-ring (bicyclic) bond motifs is 1. The van der Waals surface area contributed by atoms with Gasteiger partial charge >= 0.3 is 5.97 Å². The Kier molecular flexibility index (Phi) is 5.93. The highest BCUT2D eigenvalue weighted by Crippen LogP contribution is 2.32. The number of likely N-dealkylation sites (N-methyl/N-ethyl adjacent to an activating group) is 1. The normalized spacial score (nSPS) is 15.6. The number of benzene rings is 1. The molecule has 1 aromatic carbocycles. The lowest BCUT2D eigenvalue weighted by molar-refractivity contribution is -0.138. The number of aliphatic carboxylic acids is 1. The first-order valence-corrected chi connectivity index (χ1v) is 9.27. The molecule has 1 aliphatic rings. The van der Waals surface area contributed by atoms with Crippen molar-refractivity contribution in [2.24, 2.45) is 0 Å². The molecular formula is C20H27N3O3. The monoisotopic (exact) mass is 357 g/mol. The fourth-order valence-corrected chi connectivity index (χ4v) is 3.63. The summed E-state index contributed by atoms with van der Waals surface area (Å²) in [6.45, 7) is 4.70. The zero-order chi connectivity index (χ0) is 18.5. The Bertz CT molecular complexity index is 757. The van der Waals surface area contributed by atoms with Crippen molar-refractivity contribution in [2.45, 2.75) is 32.2 Å². The number of para-hydroxylation sites is 1. The van der Waals surface area contributed by atoms with Crippen molar-refractivity contribution >= 4 is 22.6 Å². The summed E-state index contributed by atoms with van der Waals surface area (Å²) < 4.78 is 5.85. The summed E-state index contributed by atoms with van der Waals surface area (Å²) >= 11 is 0. The van der Waals surface area contributed by atoms with Crippen molar-refractivity contribution in [1.29, 1.82) is 0 Å². The Morgan fingerprint density at radius 1 is 1.35 bits per heavy atom. The Hall–Kier alpha value is -2.34. The van der Waals surface area contributed by atoms with Crippen LogP contribution in [0, 0.1) is 0 Å². The van der Waals surface area contributed by atoms with E-state index >= 15 is 0 Å². The van der Waals surface area contributed by atoms with Crippen molar-refractivity contribution in [3.8, 4) is 5.75 Å². The highest BCUT2D eigenvalue weighted by molar-refractivity contribution is 5.95. The average Bonchev–Trinajstić information content (AvgIpc) is 2.65. The molecule has 1 saturated heterocycles. The van der Waals surface area contributed by atoms with Crippen LogP contribution in [0.1, 0.15) is 26.2 Å². The van der Waals surface area contributed by atoms with E-state index in [0.717, 1.165) is 49.0 Å². The third kappa shape index (κ3) is 4.07. The molecule has 0 saturated carbocycles. The van der Waals surface area contributed by atoms with Crippen molar-refractivity contribution in [3.05, 3.63) is 30.5 Å². The van der Waals surface area contributed by atoms with Crippen LogP contribution in [0.25, 0.3) is 10.9 Å². The van der Waals surface area contributed by atoms with Gasteiger partial charge in [0.05, 0.1) is 13.2 Å². The van der Waals surface area contributed by atoms with Gasteiger partial charge in [-0.05, 0) is 38.4 Å². The van der Waals surface area contributed by atoms with E-state index in [0.29, 0.717) is 12.6 Å². The van der Waals surface area contributed by atoms with E-state index in [9.17, 15) is 4.79 Å². The van der Waals surface area contributed by atoms with E-state index in [1.165, 1.54) is 5.69 Å². The quantitative estimate of drug-likeness (QED) is 0.822. The number of aromatic nitrogens is 1. The van der Waals surface area contributed by atoms with E-state index in [1.807, 2.05) is 30.3 Å². The van der Waals surface area contributed by atoms with Gasteiger partial charge in [-0.2, -0.15) is 0 Å². The van der Waals surface area contributed by atoms with Gasteiger partial charge in [-0.3, -0.25) is 14.7 Å². The van der Waals surface area contributed by atoms with E-state index in [4.69, 9.17) is 9.84 Å². The summed E-state index contributed by atoms with van der Waals surface area (Å²) in [7, 11) is 1.90. The molecule has 0 radical (unpaired) electrons. The SMILES string of the molecule is CCCOc1cccc2c(N3CCC(N(C)CC(=O)O)CC3)ccnc12. The molecule has 6 heteroatoms. The summed E-state index contributed by atoms with van der Waals surface area (Å²) in [5.74, 6) is 0.0666. The van der Waals surface area contributed by atoms with Gasteiger partial charge < -0.3 is 14.7 Å². The van der Waals surface area contributed by atoms with Crippen LogP contribution in [0.5, 0.6) is 5.75 Å². The molecule has 0 amide bonds. The third-order valence-corrected chi connectivity index (χ3v) is 4.99. The van der Waals surface area contributed by atoms with Crippen molar-refractivity contribution in [2.75, 3.05) is 38.2 Å². The van der Waals surface area contributed by atoms with E-state index in [1.54, 1.807) is 0 Å². The van der Waals surface area contributed by atoms with Crippen LogP contribution >= 0.6 is 0 Å². The molecule has 26 heavy (non-hydrogen) atoms. The predicted octanol–water partition coefficient (Wildman–Crippen LogP) is 3.01. The van der Waals surface area contributed by atoms with Crippen molar-refractivity contribution in [3.63, 3.8) is 0 Å². The Morgan fingerprint density at radius 3 is 2.81 bits per heavy atom. The minimum Gasteiger partial charge on any atom is -0.491 e. The Labute approximate surface area is 154 Å². The van der Waals surface area contributed by atoms with Gasteiger partial charge in [-0.15, -0.1) is 0 Å². The minimum absolute atomic E-state index is 0.0982. The number of ether oxygens (including phenoxy) is 1. The molecule has 0 atom stereocenters. The number of carboxylic acid groups (broad SMARTS) is 1. The second kappa shape index (κ2) is 8.36. The lowest BCUT2D eigenvalue weighted by Gasteiger charge is -2.37. The van der Waals surface area contributed by atoms with Crippen LogP contribution in [0.3, 0.4) is 0 Å². The van der Waals surface area contributed by atoms with Crippen molar-refractivity contribution < 1.29 is 14.6 Å². The predicted molar refractivity (Wildman–Crippen MR) is 103 cm³/mol. The molecule has 2 aromatic rings. The maximum absolute atomic E-state index is 10.9. The largest absolute Gasteiger partial charge is 0.491 e. The van der Waals surface area contributed by atoms with Gasteiger partial charge in [0.25, 0.3) is 0 Å². The number of carbonyl (C=O) groups is 1. The summed E-state index contributed by atoms with van der Waals surface area (Å²) in [6, 6.07) is 8.47. The summed E-state index contributed by atoms with van der Waals surface area (Å²) in [5, 5.41) is 10.1. The van der Waals surface area contributed by atoms with Gasteiger partial charge in [0.15, 0.2) is 0 Å².